The lowest BCUT2D eigenvalue weighted by Crippen LogP contribution is -2.19. The normalized spacial score (nSPS) is 21.1. The highest BCUT2D eigenvalue weighted by molar-refractivity contribution is 9.11. The standard InChI is InChI=1S/C15H13BrN2OS/c16-14-7-6-11(20-14)9-17-18-15(19)13-8-12(13)10-4-2-1-3-5-10/h1-7,9,12-13H,8H2,(H,18,19)/b17-9-/t12-,13+/m1/s1. The molecule has 0 unspecified atom stereocenters. The van der Waals surface area contributed by atoms with Crippen LogP contribution in [-0.4, -0.2) is 12.1 Å². The van der Waals surface area contributed by atoms with Crippen molar-refractivity contribution >= 4 is 39.4 Å². The second kappa shape index (κ2) is 5.89. The summed E-state index contributed by atoms with van der Waals surface area (Å²) >= 11 is 4.97. The van der Waals surface area contributed by atoms with Gasteiger partial charge in [-0.3, -0.25) is 4.79 Å². The molecule has 3 nitrogen and oxygen atoms in total. The van der Waals surface area contributed by atoms with E-state index in [-0.39, 0.29) is 11.8 Å². The Hall–Kier alpha value is -1.46. The van der Waals surface area contributed by atoms with Crippen molar-refractivity contribution in [3.8, 4) is 0 Å². The van der Waals surface area contributed by atoms with Gasteiger partial charge in [0.1, 0.15) is 0 Å². The molecule has 1 aliphatic rings. The number of nitrogens with zero attached hydrogens (tertiary/aromatic N) is 1. The molecule has 0 bridgehead atoms. The van der Waals surface area contributed by atoms with Crippen LogP contribution in [0.4, 0.5) is 0 Å². The number of thiophene rings is 1. The minimum atomic E-state index is 0.00530. The summed E-state index contributed by atoms with van der Waals surface area (Å²) in [6, 6.07) is 14.1. The summed E-state index contributed by atoms with van der Waals surface area (Å²) < 4.78 is 1.05. The first-order chi connectivity index (χ1) is 9.74. The SMILES string of the molecule is O=C(N/N=C\c1ccc(Br)s1)[C@H]1C[C@@H]1c1ccccc1. The maximum Gasteiger partial charge on any atom is 0.243 e. The van der Waals surface area contributed by atoms with Crippen molar-refractivity contribution in [1.82, 2.24) is 5.43 Å². The lowest BCUT2D eigenvalue weighted by atomic mass is 10.1. The third-order valence-corrected chi connectivity index (χ3v) is 4.87. The predicted molar refractivity (Wildman–Crippen MR) is 85.0 cm³/mol. The van der Waals surface area contributed by atoms with Crippen LogP contribution in [0.3, 0.4) is 0 Å². The van der Waals surface area contributed by atoms with Crippen LogP contribution in [0.15, 0.2) is 51.4 Å². The van der Waals surface area contributed by atoms with Gasteiger partial charge in [-0.15, -0.1) is 11.3 Å². The van der Waals surface area contributed by atoms with Crippen LogP contribution >= 0.6 is 27.3 Å². The summed E-state index contributed by atoms with van der Waals surface area (Å²) in [6.45, 7) is 0. The quantitative estimate of drug-likeness (QED) is 0.663. The molecule has 1 aromatic heterocycles. The molecule has 0 saturated heterocycles. The Kier molecular flexibility index (Phi) is 3.98. The summed E-state index contributed by atoms with van der Waals surface area (Å²) in [7, 11) is 0. The number of amides is 1. The topological polar surface area (TPSA) is 41.5 Å². The van der Waals surface area contributed by atoms with Crippen molar-refractivity contribution in [3.63, 3.8) is 0 Å². The number of hydrogen-bond donors (Lipinski definition) is 1. The van der Waals surface area contributed by atoms with Crippen LogP contribution in [0.25, 0.3) is 0 Å². The lowest BCUT2D eigenvalue weighted by Gasteiger charge is -1.99. The second-order valence-corrected chi connectivity index (χ2v) is 7.23. The van der Waals surface area contributed by atoms with E-state index in [1.54, 1.807) is 17.6 Å². The Bertz CT molecular complexity index is 638. The molecule has 102 valence electrons. The van der Waals surface area contributed by atoms with Gasteiger partial charge in [-0.2, -0.15) is 5.10 Å². The van der Waals surface area contributed by atoms with E-state index < -0.39 is 0 Å². The first-order valence-electron chi connectivity index (χ1n) is 6.37. The molecule has 1 aliphatic carbocycles. The Labute approximate surface area is 129 Å². The Morgan fingerprint density at radius 2 is 2.10 bits per heavy atom. The fourth-order valence-corrected chi connectivity index (χ4v) is 3.49. The molecular weight excluding hydrogens is 336 g/mol. The van der Waals surface area contributed by atoms with E-state index >= 15 is 0 Å². The summed E-state index contributed by atoms with van der Waals surface area (Å²) in [5, 5.41) is 4.01. The average molecular weight is 349 g/mol. The largest absolute Gasteiger partial charge is 0.273 e. The number of carbonyl (C=O) groups is 1. The summed E-state index contributed by atoms with van der Waals surface area (Å²) in [4.78, 5) is 13.0. The molecule has 1 amide bonds. The Morgan fingerprint density at radius 3 is 2.80 bits per heavy atom. The van der Waals surface area contributed by atoms with Crippen LogP contribution in [0.1, 0.15) is 22.8 Å². The van der Waals surface area contributed by atoms with Gasteiger partial charge in [-0.05, 0) is 46.0 Å². The smallest absolute Gasteiger partial charge is 0.243 e. The van der Waals surface area contributed by atoms with Crippen LogP contribution in [0.2, 0.25) is 0 Å². The molecule has 3 rings (SSSR count). The van der Waals surface area contributed by atoms with Crippen LogP contribution in [0.5, 0.6) is 0 Å². The van der Waals surface area contributed by atoms with Crippen molar-refractivity contribution in [2.24, 2.45) is 11.0 Å². The summed E-state index contributed by atoms with van der Waals surface area (Å²) in [5.41, 5.74) is 3.86. The molecular formula is C15H13BrN2OS. The zero-order valence-electron chi connectivity index (χ0n) is 10.6. The maximum atomic E-state index is 12.0. The zero-order valence-corrected chi connectivity index (χ0v) is 13.0. The fraction of sp³-hybridized carbons (Fsp3) is 0.200. The average Bonchev–Trinajstić information content (AvgIpc) is 3.17. The Morgan fingerprint density at radius 1 is 1.30 bits per heavy atom. The van der Waals surface area contributed by atoms with E-state index in [4.69, 9.17) is 0 Å². The van der Waals surface area contributed by atoms with E-state index in [9.17, 15) is 4.79 Å². The van der Waals surface area contributed by atoms with Gasteiger partial charge >= 0.3 is 0 Å². The van der Waals surface area contributed by atoms with Crippen LogP contribution in [0, 0.1) is 5.92 Å². The molecule has 0 spiro atoms. The molecule has 2 atom stereocenters. The molecule has 1 saturated carbocycles. The number of hydrogen-bond acceptors (Lipinski definition) is 3. The molecule has 1 aromatic carbocycles. The number of halogens is 1. The number of rotatable bonds is 4. The van der Waals surface area contributed by atoms with Crippen molar-refractivity contribution in [1.29, 1.82) is 0 Å². The van der Waals surface area contributed by atoms with Gasteiger partial charge in [-0.1, -0.05) is 30.3 Å². The van der Waals surface area contributed by atoms with Crippen LogP contribution in [-0.2, 0) is 4.79 Å². The molecule has 0 aliphatic heterocycles. The van der Waals surface area contributed by atoms with Crippen molar-refractivity contribution < 1.29 is 4.79 Å². The molecule has 1 N–H and O–H groups in total. The minimum absolute atomic E-state index is 0.00530. The number of benzene rings is 1. The molecule has 5 heteroatoms. The molecule has 20 heavy (non-hydrogen) atoms. The maximum absolute atomic E-state index is 12.0. The summed E-state index contributed by atoms with van der Waals surface area (Å²) in [5.74, 6) is 0.414. The summed E-state index contributed by atoms with van der Waals surface area (Å²) in [6.07, 6.45) is 2.59. The van der Waals surface area contributed by atoms with E-state index in [1.165, 1.54) is 5.56 Å². The van der Waals surface area contributed by atoms with Gasteiger partial charge < -0.3 is 0 Å². The van der Waals surface area contributed by atoms with Gasteiger partial charge in [0.25, 0.3) is 0 Å². The highest BCUT2D eigenvalue weighted by Crippen LogP contribution is 2.47. The number of hydrazone groups is 1. The molecule has 2 aromatic rings. The zero-order chi connectivity index (χ0) is 13.9. The van der Waals surface area contributed by atoms with E-state index in [0.717, 1.165) is 15.1 Å². The highest BCUT2D eigenvalue weighted by atomic mass is 79.9. The number of nitrogens with one attached hydrogen (secondary N) is 1. The first-order valence-corrected chi connectivity index (χ1v) is 7.98. The second-order valence-electron chi connectivity index (χ2n) is 4.74. The first kappa shape index (κ1) is 13.5. The van der Waals surface area contributed by atoms with Crippen molar-refractivity contribution in [2.75, 3.05) is 0 Å². The third-order valence-electron chi connectivity index (χ3n) is 3.32. The minimum Gasteiger partial charge on any atom is -0.273 e. The van der Waals surface area contributed by atoms with Crippen LogP contribution < -0.4 is 5.43 Å². The lowest BCUT2D eigenvalue weighted by molar-refractivity contribution is -0.122. The third kappa shape index (κ3) is 3.16. The monoisotopic (exact) mass is 348 g/mol. The number of carbonyl (C=O) groups excluding carboxylic acids is 1. The molecule has 0 radical (unpaired) electrons. The molecule has 1 fully saturated rings. The Balaban J connectivity index is 1.53. The van der Waals surface area contributed by atoms with Gasteiger partial charge in [0.05, 0.1) is 10.0 Å². The van der Waals surface area contributed by atoms with Gasteiger partial charge in [0.2, 0.25) is 5.91 Å². The van der Waals surface area contributed by atoms with Gasteiger partial charge in [0, 0.05) is 10.8 Å². The molecule has 1 heterocycles. The van der Waals surface area contributed by atoms with E-state index in [2.05, 4.69) is 38.6 Å². The predicted octanol–water partition coefficient (Wildman–Crippen LogP) is 3.76. The van der Waals surface area contributed by atoms with E-state index in [0.29, 0.717) is 5.92 Å². The highest BCUT2D eigenvalue weighted by Gasteiger charge is 2.43. The fourth-order valence-electron chi connectivity index (χ4n) is 2.19. The van der Waals surface area contributed by atoms with Gasteiger partial charge in [-0.25, -0.2) is 5.43 Å². The van der Waals surface area contributed by atoms with Crippen molar-refractivity contribution in [3.05, 3.63) is 56.7 Å². The van der Waals surface area contributed by atoms with Crippen molar-refractivity contribution in [2.45, 2.75) is 12.3 Å². The van der Waals surface area contributed by atoms with Gasteiger partial charge in [0.15, 0.2) is 0 Å². The van der Waals surface area contributed by atoms with E-state index in [1.807, 2.05) is 30.3 Å².